The molecule has 6 rings (SSSR count). The van der Waals surface area contributed by atoms with E-state index in [0.717, 1.165) is 10.6 Å². The quantitative estimate of drug-likeness (QED) is 0.215. The summed E-state index contributed by atoms with van der Waals surface area (Å²) in [4.78, 5) is 87.1. The molecule has 5 amide bonds. The molecular weight excluding hydrogens is 708 g/mol. The fourth-order valence-corrected chi connectivity index (χ4v) is 7.36. The van der Waals surface area contributed by atoms with E-state index in [0.29, 0.717) is 51.4 Å². The molecule has 5 N–H and O–H groups in total. The average Bonchev–Trinajstić information content (AvgIpc) is 3.93. The Labute approximate surface area is 308 Å². The van der Waals surface area contributed by atoms with Crippen molar-refractivity contribution in [1.29, 1.82) is 0 Å². The van der Waals surface area contributed by atoms with Gasteiger partial charge in [-0.2, -0.15) is 0 Å². The van der Waals surface area contributed by atoms with E-state index in [1.54, 1.807) is 5.38 Å². The maximum Gasteiger partial charge on any atom is 0.326 e. The molecule has 5 heterocycles. The molecule has 4 atom stereocenters. The molecule has 0 saturated carbocycles. The van der Waals surface area contributed by atoms with Crippen LogP contribution in [0.15, 0.2) is 46.3 Å². The van der Waals surface area contributed by atoms with Crippen molar-refractivity contribution in [2.75, 3.05) is 44.3 Å². The molecule has 3 aliphatic rings. The minimum atomic E-state index is -1.40. The molecule has 3 aliphatic heterocycles. The molecule has 3 fully saturated rings. The first-order valence-electron chi connectivity index (χ1n) is 17.6. The van der Waals surface area contributed by atoms with Gasteiger partial charge >= 0.3 is 5.97 Å². The lowest BCUT2D eigenvalue weighted by atomic mass is 10.1. The average molecular weight is 751 g/mol. The molecule has 3 saturated heterocycles. The highest BCUT2D eigenvalue weighted by atomic mass is 32.1. The van der Waals surface area contributed by atoms with Crippen molar-refractivity contribution in [3.05, 3.63) is 63.8 Å². The van der Waals surface area contributed by atoms with Gasteiger partial charge in [0.15, 0.2) is 5.82 Å². The number of nitrogens with zero attached hydrogens (tertiary/aromatic N) is 4. The minimum absolute atomic E-state index is 0.0454. The molecule has 53 heavy (non-hydrogen) atoms. The zero-order chi connectivity index (χ0) is 37.3. The van der Waals surface area contributed by atoms with Crippen molar-refractivity contribution >= 4 is 52.7 Å². The van der Waals surface area contributed by atoms with Gasteiger partial charge in [0.1, 0.15) is 23.8 Å². The van der Waals surface area contributed by atoms with Crippen LogP contribution in [0.3, 0.4) is 0 Å². The van der Waals surface area contributed by atoms with Crippen LogP contribution in [-0.2, 0) is 30.3 Å². The molecule has 1 aromatic carbocycles. The summed E-state index contributed by atoms with van der Waals surface area (Å²) in [6, 6.07) is 6.77. The van der Waals surface area contributed by atoms with Gasteiger partial charge in [0.25, 0.3) is 11.8 Å². The third kappa shape index (κ3) is 9.75. The summed E-state index contributed by atoms with van der Waals surface area (Å²) in [5.74, 6) is -3.79. The molecule has 0 bridgehead atoms. The van der Waals surface area contributed by atoms with E-state index in [4.69, 9.17) is 9.26 Å². The molecule has 0 aliphatic carbocycles. The first kappa shape index (κ1) is 37.4. The number of thiazole rings is 1. The number of carbonyl (C=O) groups is 6. The molecule has 282 valence electrons. The van der Waals surface area contributed by atoms with E-state index < -0.39 is 53.8 Å². The number of hydrogen-bond acceptors (Lipinski definition) is 12. The fraction of sp³-hybridized carbons (Fsp3) is 0.486. The molecule has 0 unspecified atom stereocenters. The molecule has 3 aromatic rings. The Kier molecular flexibility index (Phi) is 12.3. The standard InChI is InChI=1S/C35H42N8O9S/c44-29-10-9-24(35(49)50)40-32(46)26-17-22(37-33(47)27-18-28(41-52-27)42-12-14-51-15-13-42)19-43(26)34(48)23(8-4-5-11-36-29)39-31(45)25-20-53-30(38-25)16-21-6-2-1-3-7-21/h1-3,6-7,18,20,22-24,26H,4-5,8-17,19H2,(H,36,44)(H,37,47)(H,39,45)(H,40,46)(H,49,50)/t22-,23+,24+,26+/m1/s1. The third-order valence-corrected chi connectivity index (χ3v) is 10.2. The second-order valence-electron chi connectivity index (χ2n) is 13.2. The number of fused-ring (bicyclic) bond motifs is 1. The number of rotatable bonds is 8. The highest BCUT2D eigenvalue weighted by molar-refractivity contribution is 7.09. The topological polar surface area (TPSA) is 225 Å². The SMILES string of the molecule is O=C1CC[C@@H](C(=O)O)NC(=O)[C@@H]2C[C@@H](NC(=O)c3cc(N4CCOCC4)no3)CN2C(=O)[C@@H](NC(=O)c2csc(Cc3ccccc3)n2)CCCCN1. The summed E-state index contributed by atoms with van der Waals surface area (Å²) in [5, 5.41) is 27.1. The summed E-state index contributed by atoms with van der Waals surface area (Å²) in [7, 11) is 0. The van der Waals surface area contributed by atoms with E-state index in [1.165, 1.54) is 22.3 Å². The monoisotopic (exact) mass is 750 g/mol. The molecular formula is C35H42N8O9S. The molecule has 2 aromatic heterocycles. The predicted molar refractivity (Wildman–Crippen MR) is 189 cm³/mol. The van der Waals surface area contributed by atoms with Gasteiger partial charge in [-0.25, -0.2) is 9.78 Å². The van der Waals surface area contributed by atoms with Crippen LogP contribution in [0.5, 0.6) is 0 Å². The maximum atomic E-state index is 14.3. The van der Waals surface area contributed by atoms with Gasteiger partial charge in [0.2, 0.25) is 23.5 Å². The number of benzene rings is 1. The smallest absolute Gasteiger partial charge is 0.326 e. The highest BCUT2D eigenvalue weighted by Gasteiger charge is 2.44. The largest absolute Gasteiger partial charge is 0.480 e. The van der Waals surface area contributed by atoms with E-state index in [1.807, 2.05) is 35.2 Å². The van der Waals surface area contributed by atoms with Crippen molar-refractivity contribution < 1.29 is 43.1 Å². The van der Waals surface area contributed by atoms with Crippen LogP contribution in [0.2, 0.25) is 0 Å². The molecule has 0 radical (unpaired) electrons. The van der Waals surface area contributed by atoms with Crippen molar-refractivity contribution in [3.63, 3.8) is 0 Å². The van der Waals surface area contributed by atoms with Gasteiger partial charge in [-0.05, 0) is 37.7 Å². The number of carbonyl (C=O) groups excluding carboxylic acids is 5. The summed E-state index contributed by atoms with van der Waals surface area (Å²) in [6.45, 7) is 2.37. The van der Waals surface area contributed by atoms with Crippen molar-refractivity contribution in [2.45, 2.75) is 69.1 Å². The molecule has 18 heteroatoms. The summed E-state index contributed by atoms with van der Waals surface area (Å²) in [6.07, 6.45) is 1.29. The zero-order valence-corrected chi connectivity index (χ0v) is 29.8. The lowest BCUT2D eigenvalue weighted by Crippen LogP contribution is -2.55. The number of anilines is 1. The van der Waals surface area contributed by atoms with E-state index >= 15 is 0 Å². The van der Waals surface area contributed by atoms with Gasteiger partial charge in [-0.15, -0.1) is 11.3 Å². The lowest BCUT2D eigenvalue weighted by molar-refractivity contribution is -0.144. The van der Waals surface area contributed by atoms with E-state index in [2.05, 4.69) is 31.4 Å². The number of morpholine rings is 1. The zero-order valence-electron chi connectivity index (χ0n) is 29.0. The van der Waals surface area contributed by atoms with Crippen LogP contribution in [0.4, 0.5) is 5.82 Å². The number of hydrogen-bond donors (Lipinski definition) is 5. The minimum Gasteiger partial charge on any atom is -0.480 e. The van der Waals surface area contributed by atoms with E-state index in [-0.39, 0.29) is 56.1 Å². The Morgan fingerprint density at radius 2 is 1.81 bits per heavy atom. The Morgan fingerprint density at radius 3 is 2.58 bits per heavy atom. The van der Waals surface area contributed by atoms with Gasteiger partial charge in [-0.3, -0.25) is 24.0 Å². The van der Waals surface area contributed by atoms with Crippen LogP contribution in [0.25, 0.3) is 0 Å². The fourth-order valence-electron chi connectivity index (χ4n) is 6.55. The van der Waals surface area contributed by atoms with Gasteiger partial charge in [0.05, 0.1) is 18.2 Å². The van der Waals surface area contributed by atoms with Crippen LogP contribution in [0.1, 0.15) is 70.1 Å². The predicted octanol–water partition coefficient (Wildman–Crippen LogP) is 0.706. The maximum absolute atomic E-state index is 14.3. The molecule has 17 nitrogen and oxygen atoms in total. The number of aromatic nitrogens is 2. The first-order valence-corrected chi connectivity index (χ1v) is 18.5. The van der Waals surface area contributed by atoms with Gasteiger partial charge < -0.3 is 45.4 Å². The molecule has 0 spiro atoms. The number of nitrogens with one attached hydrogen (secondary N) is 4. The number of amides is 5. The Bertz CT molecular complexity index is 1790. The van der Waals surface area contributed by atoms with E-state index in [9.17, 15) is 33.9 Å². The van der Waals surface area contributed by atoms with Crippen LogP contribution < -0.4 is 26.2 Å². The Hall–Kier alpha value is -5.36. The van der Waals surface area contributed by atoms with Crippen LogP contribution >= 0.6 is 11.3 Å². The van der Waals surface area contributed by atoms with Crippen molar-refractivity contribution in [3.8, 4) is 0 Å². The summed E-state index contributed by atoms with van der Waals surface area (Å²) < 4.78 is 10.7. The highest BCUT2D eigenvalue weighted by Crippen LogP contribution is 2.24. The summed E-state index contributed by atoms with van der Waals surface area (Å²) >= 11 is 1.32. The van der Waals surface area contributed by atoms with Gasteiger partial charge in [0, 0.05) is 56.5 Å². The Balaban J connectivity index is 1.21. The number of carboxylic acids is 1. The van der Waals surface area contributed by atoms with Crippen LogP contribution in [0, 0.1) is 0 Å². The number of aliphatic carboxylic acids is 1. The second kappa shape index (κ2) is 17.4. The third-order valence-electron chi connectivity index (χ3n) is 9.38. The number of carboxylic acid groups (broad SMARTS) is 1. The van der Waals surface area contributed by atoms with Gasteiger partial charge in [-0.1, -0.05) is 35.5 Å². The first-order chi connectivity index (χ1) is 25.6. The lowest BCUT2D eigenvalue weighted by Gasteiger charge is -2.29. The van der Waals surface area contributed by atoms with Crippen LogP contribution in [-0.4, -0.2) is 119 Å². The normalized spacial score (nSPS) is 23.2. The van der Waals surface area contributed by atoms with Crippen molar-refractivity contribution in [2.24, 2.45) is 0 Å². The summed E-state index contributed by atoms with van der Waals surface area (Å²) in [5.41, 5.74) is 1.18. The second-order valence-corrected chi connectivity index (χ2v) is 14.1. The Morgan fingerprint density at radius 1 is 1.02 bits per heavy atom. The van der Waals surface area contributed by atoms with Crippen molar-refractivity contribution in [1.82, 2.24) is 36.3 Å². The number of ether oxygens (including phenoxy) is 1.